The highest BCUT2D eigenvalue weighted by molar-refractivity contribution is 6.32. The van der Waals surface area contributed by atoms with Crippen molar-refractivity contribution >= 4 is 103 Å². The fourth-order valence-electron chi connectivity index (χ4n) is 10.7. The van der Waals surface area contributed by atoms with Crippen molar-refractivity contribution in [3.05, 3.63) is 215 Å². The summed E-state index contributed by atoms with van der Waals surface area (Å²) in [7, 11) is 0. The molecule has 3 aliphatic rings. The zero-order valence-corrected chi connectivity index (χ0v) is 46.8. The minimum Gasteiger partial charge on any atom is -0.340 e. The normalized spacial score (nSPS) is 18.2. The van der Waals surface area contributed by atoms with E-state index in [2.05, 4.69) is 46.2 Å². The standard InChI is InChI=1S/C16H15ClF3N3.C14H9ClF3N3O2.C14H11ClF3N3.C13H6ClF3N2/c1-2-21-9-15(16(18,19)20)11-4-3-7-22-14(11)23-13-6-5-10(17)8-12(13)15;15-8-3-4-11-10(6-8)13(7-21(22)23,14(16,17)18)9-2-1-5-19-12(9)20-11;15-8-3-4-11-10(6-8)13(7-19,14(16,17)18)9-2-1-5-20-12(9)21-11;14-7-3-4-10-9(6-7)11(13(15,16)17)8-2-1-5-18-12(8)19-10/h3-8,21H,2,9H2,1H3,(H,22,23);1-6H,7H2,(H,19,20);1-6H,7,19H2,(H,20,21);1-6H. The van der Waals surface area contributed by atoms with Crippen molar-refractivity contribution in [3.63, 3.8) is 0 Å². The Morgan fingerprint density at radius 2 is 0.919 bits per heavy atom. The van der Waals surface area contributed by atoms with Crippen LogP contribution in [0.15, 0.2) is 146 Å². The van der Waals surface area contributed by atoms with Crippen LogP contribution in [-0.4, -0.2) is 74.6 Å². The maximum Gasteiger partial charge on any atom is 0.417 e. The second kappa shape index (κ2) is 23.8. The van der Waals surface area contributed by atoms with E-state index in [9.17, 15) is 62.8 Å². The molecule has 448 valence electrons. The van der Waals surface area contributed by atoms with E-state index in [-0.39, 0.29) is 105 Å². The van der Waals surface area contributed by atoms with E-state index in [1.165, 1.54) is 128 Å². The lowest BCUT2D eigenvalue weighted by molar-refractivity contribution is -0.498. The lowest BCUT2D eigenvalue weighted by atomic mass is 9.71. The molecular weight excluding hydrogens is 1240 g/mol. The number of nitrogens with zero attached hydrogens (tertiary/aromatic N) is 6. The molecule has 8 heterocycles. The number of nitro groups is 1. The number of halogens is 16. The van der Waals surface area contributed by atoms with Gasteiger partial charge < -0.3 is 27.0 Å². The van der Waals surface area contributed by atoms with Crippen LogP contribution in [0.25, 0.3) is 21.9 Å². The first-order valence-electron chi connectivity index (χ1n) is 25.2. The van der Waals surface area contributed by atoms with Crippen LogP contribution in [-0.2, 0) is 22.4 Å². The number of rotatable bonds is 6. The minimum absolute atomic E-state index is 0.00904. The average molecular weight is 1280 g/mol. The van der Waals surface area contributed by atoms with Crippen molar-refractivity contribution in [2.24, 2.45) is 5.73 Å². The maximum absolute atomic E-state index is 14.3. The molecule has 9 aromatic rings. The van der Waals surface area contributed by atoms with E-state index in [1.54, 1.807) is 19.1 Å². The van der Waals surface area contributed by atoms with Crippen molar-refractivity contribution < 1.29 is 57.6 Å². The number of pyridine rings is 5. The van der Waals surface area contributed by atoms with Gasteiger partial charge in [0.2, 0.25) is 6.54 Å². The van der Waals surface area contributed by atoms with Gasteiger partial charge in [-0.3, -0.25) is 10.1 Å². The third-order valence-electron chi connectivity index (χ3n) is 14.4. The van der Waals surface area contributed by atoms with Crippen LogP contribution in [0.3, 0.4) is 0 Å². The second-order valence-electron chi connectivity index (χ2n) is 19.3. The van der Waals surface area contributed by atoms with Crippen LogP contribution in [0.5, 0.6) is 0 Å². The number of hydrogen-bond acceptors (Lipinski definition) is 12. The molecule has 5 aromatic heterocycles. The zero-order chi connectivity index (χ0) is 62.4. The molecule has 13 nitrogen and oxygen atoms in total. The van der Waals surface area contributed by atoms with E-state index in [4.69, 9.17) is 52.1 Å². The minimum atomic E-state index is -4.90. The van der Waals surface area contributed by atoms with Gasteiger partial charge in [0.1, 0.15) is 28.3 Å². The summed E-state index contributed by atoms with van der Waals surface area (Å²) < 4.78 is 167. The van der Waals surface area contributed by atoms with E-state index in [0.717, 1.165) is 6.07 Å². The van der Waals surface area contributed by atoms with Crippen LogP contribution in [0.1, 0.15) is 45.9 Å². The number of nitrogens with one attached hydrogen (secondary N) is 4. The molecule has 6 N–H and O–H groups in total. The summed E-state index contributed by atoms with van der Waals surface area (Å²) in [6.45, 7) is -0.0416. The van der Waals surface area contributed by atoms with Gasteiger partial charge in [-0.05, 0) is 121 Å². The molecule has 0 radical (unpaired) electrons. The molecule has 0 fully saturated rings. The molecule has 0 spiro atoms. The molecule has 4 aromatic carbocycles. The monoisotopic (exact) mass is 1280 g/mol. The number of fused-ring (bicyclic) bond motifs is 8. The Morgan fingerprint density at radius 3 is 1.35 bits per heavy atom. The van der Waals surface area contributed by atoms with Gasteiger partial charge >= 0.3 is 24.7 Å². The fourth-order valence-corrected chi connectivity index (χ4v) is 11.4. The van der Waals surface area contributed by atoms with Gasteiger partial charge in [-0.1, -0.05) is 71.5 Å². The van der Waals surface area contributed by atoms with Gasteiger partial charge in [0, 0.05) is 113 Å². The molecule has 0 aliphatic carbocycles. The van der Waals surface area contributed by atoms with Crippen molar-refractivity contribution in [3.8, 4) is 0 Å². The molecule has 0 bridgehead atoms. The highest BCUT2D eigenvalue weighted by Crippen LogP contribution is 2.57. The van der Waals surface area contributed by atoms with Gasteiger partial charge in [0.25, 0.3) is 0 Å². The Labute approximate surface area is 499 Å². The first kappa shape index (κ1) is 62.7. The van der Waals surface area contributed by atoms with E-state index in [1.807, 2.05) is 0 Å². The zero-order valence-electron chi connectivity index (χ0n) is 43.8. The van der Waals surface area contributed by atoms with Crippen LogP contribution in [0, 0.1) is 10.1 Å². The van der Waals surface area contributed by atoms with Crippen LogP contribution in [0.4, 0.5) is 87.2 Å². The van der Waals surface area contributed by atoms with Crippen molar-refractivity contribution in [2.45, 2.75) is 47.9 Å². The first-order chi connectivity index (χ1) is 40.5. The Balaban J connectivity index is 0.000000137. The summed E-state index contributed by atoms with van der Waals surface area (Å²) in [5.74, 6) is 0.328. The smallest absolute Gasteiger partial charge is 0.340 e. The lowest BCUT2D eigenvalue weighted by Gasteiger charge is -2.42. The number of likely N-dealkylation sites (N-methyl/N-ethyl adjacent to an activating group) is 1. The number of aromatic nitrogens is 5. The molecule has 3 unspecified atom stereocenters. The van der Waals surface area contributed by atoms with Crippen LogP contribution >= 0.6 is 46.4 Å². The molecule has 3 aliphatic heterocycles. The molecule has 12 rings (SSSR count). The molecule has 0 amide bonds. The van der Waals surface area contributed by atoms with Gasteiger partial charge in [-0.15, -0.1) is 0 Å². The Bertz CT molecular complexity index is 4050. The van der Waals surface area contributed by atoms with Gasteiger partial charge in [-0.25, -0.2) is 24.9 Å². The molecule has 86 heavy (non-hydrogen) atoms. The topological polar surface area (TPSA) is 182 Å². The Kier molecular flexibility index (Phi) is 17.4. The quantitative estimate of drug-likeness (QED) is 0.0461. The number of alkyl halides is 12. The summed E-state index contributed by atoms with van der Waals surface area (Å²) in [5.41, 5.74) is -1.75. The molecular formula is C57H41Cl4F12N11O2. The first-order valence-corrected chi connectivity index (χ1v) is 26.7. The highest BCUT2D eigenvalue weighted by atomic mass is 35.5. The molecule has 0 saturated carbocycles. The van der Waals surface area contributed by atoms with E-state index < -0.39 is 64.5 Å². The largest absolute Gasteiger partial charge is 0.417 e. The third-order valence-corrected chi connectivity index (χ3v) is 15.4. The van der Waals surface area contributed by atoms with Crippen LogP contribution < -0.4 is 27.0 Å². The Morgan fingerprint density at radius 1 is 0.523 bits per heavy atom. The number of nitrogens with two attached hydrogens (primary N) is 1. The van der Waals surface area contributed by atoms with Crippen molar-refractivity contribution in [1.82, 2.24) is 30.2 Å². The van der Waals surface area contributed by atoms with Crippen LogP contribution in [0.2, 0.25) is 20.1 Å². The fraction of sp³-hybridized carbons (Fsp3) is 0.211. The predicted octanol–water partition coefficient (Wildman–Crippen LogP) is 16.2. The van der Waals surface area contributed by atoms with Crippen molar-refractivity contribution in [2.75, 3.05) is 42.1 Å². The third kappa shape index (κ3) is 11.4. The average Bonchev–Trinajstić information content (AvgIpc) is 0.764. The van der Waals surface area contributed by atoms with Gasteiger partial charge in [0.05, 0.1) is 11.1 Å². The highest BCUT2D eigenvalue weighted by Gasteiger charge is 2.65. The molecule has 0 saturated heterocycles. The molecule has 3 atom stereocenters. The number of benzene rings is 4. The SMILES string of the molecule is CCNCC1(C(F)(F)F)c2cc(Cl)ccc2Nc2ncccc21.FC(F)(F)c1c2cc(Cl)ccc2nc2ncccc12.NCC1(C(F)(F)F)c2cc(Cl)ccc2Nc2ncccc21.O=[N+]([O-])CC1(C(F)(F)F)c2cc(Cl)ccc2Nc2ncccc21. The summed E-state index contributed by atoms with van der Waals surface area (Å²) >= 11 is 23.5. The molecule has 29 heteroatoms. The lowest BCUT2D eigenvalue weighted by Crippen LogP contribution is -2.52. The number of hydrogen-bond donors (Lipinski definition) is 5. The van der Waals surface area contributed by atoms with Gasteiger partial charge in [0.15, 0.2) is 11.1 Å². The summed E-state index contributed by atoms with van der Waals surface area (Å²) in [5, 5.41) is 23.3. The summed E-state index contributed by atoms with van der Waals surface area (Å²) in [6.07, 6.45) is -12.8. The van der Waals surface area contributed by atoms with Gasteiger partial charge in [-0.2, -0.15) is 52.7 Å². The number of anilines is 6. The van der Waals surface area contributed by atoms with E-state index >= 15 is 0 Å². The second-order valence-corrected chi connectivity index (χ2v) is 21.1. The summed E-state index contributed by atoms with van der Waals surface area (Å²) in [4.78, 5) is 30.1. The van der Waals surface area contributed by atoms with E-state index in [0.29, 0.717) is 17.9 Å². The Hall–Kier alpha value is -7.81. The van der Waals surface area contributed by atoms with Crippen molar-refractivity contribution in [1.29, 1.82) is 0 Å². The maximum atomic E-state index is 14.3. The summed E-state index contributed by atoms with van der Waals surface area (Å²) in [6, 6.07) is 28.1. The predicted molar refractivity (Wildman–Crippen MR) is 304 cm³/mol.